The zero-order valence-corrected chi connectivity index (χ0v) is 14.6. The highest BCUT2D eigenvalue weighted by Crippen LogP contribution is 2.42. The molecule has 0 aromatic heterocycles. The van der Waals surface area contributed by atoms with Crippen LogP contribution in [0.5, 0.6) is 0 Å². The second kappa shape index (κ2) is 5.96. The number of urea groups is 1. The van der Waals surface area contributed by atoms with Crippen molar-refractivity contribution in [2.75, 3.05) is 13.7 Å². The van der Waals surface area contributed by atoms with Gasteiger partial charge in [0.2, 0.25) is 0 Å². The Morgan fingerprint density at radius 3 is 2.70 bits per heavy atom. The third-order valence-electron chi connectivity index (χ3n) is 4.55. The number of halogens is 2. The van der Waals surface area contributed by atoms with E-state index in [1.54, 1.807) is 6.07 Å². The number of rotatable bonds is 5. The fraction of sp³-hybridized carbons (Fsp3) is 0.500. The number of nitrogens with one attached hydrogen (secondary N) is 1. The molecule has 1 heterocycles. The van der Waals surface area contributed by atoms with Crippen LogP contribution in [0.1, 0.15) is 25.3 Å². The Labute approximate surface area is 145 Å². The van der Waals surface area contributed by atoms with Crippen molar-refractivity contribution in [3.63, 3.8) is 0 Å². The fourth-order valence-electron chi connectivity index (χ4n) is 3.03. The SMILES string of the molecule is CN(Cc1cccc(Cl)c1Cl)CN1C(=O)N[C@@](C)(C2CC2)C1=O. The van der Waals surface area contributed by atoms with Gasteiger partial charge in [0.05, 0.1) is 16.7 Å². The monoisotopic (exact) mass is 355 g/mol. The van der Waals surface area contributed by atoms with E-state index in [2.05, 4.69) is 5.32 Å². The molecule has 1 saturated heterocycles. The molecule has 5 nitrogen and oxygen atoms in total. The molecular weight excluding hydrogens is 337 g/mol. The van der Waals surface area contributed by atoms with E-state index in [0.29, 0.717) is 16.6 Å². The Morgan fingerprint density at radius 2 is 2.04 bits per heavy atom. The zero-order valence-electron chi connectivity index (χ0n) is 13.1. The Morgan fingerprint density at radius 1 is 1.35 bits per heavy atom. The lowest BCUT2D eigenvalue weighted by molar-refractivity contribution is -0.132. The second-order valence-corrected chi connectivity index (χ2v) is 7.29. The van der Waals surface area contributed by atoms with Gasteiger partial charge in [0.25, 0.3) is 5.91 Å². The van der Waals surface area contributed by atoms with Crippen molar-refractivity contribution in [2.24, 2.45) is 5.92 Å². The predicted octanol–water partition coefficient (Wildman–Crippen LogP) is 3.10. The number of nitrogens with zero attached hydrogens (tertiary/aromatic N) is 2. The lowest BCUT2D eigenvalue weighted by Gasteiger charge is -2.24. The van der Waals surface area contributed by atoms with Gasteiger partial charge in [-0.3, -0.25) is 9.69 Å². The molecule has 1 aliphatic heterocycles. The molecule has 0 spiro atoms. The Hall–Kier alpha value is -1.30. The van der Waals surface area contributed by atoms with Gasteiger partial charge in [-0.1, -0.05) is 35.3 Å². The molecule has 23 heavy (non-hydrogen) atoms. The van der Waals surface area contributed by atoms with Gasteiger partial charge in [0.1, 0.15) is 5.54 Å². The first kappa shape index (κ1) is 16.6. The number of hydrogen-bond acceptors (Lipinski definition) is 3. The summed E-state index contributed by atoms with van der Waals surface area (Å²) >= 11 is 12.2. The lowest BCUT2D eigenvalue weighted by atomic mass is 9.96. The average Bonchev–Trinajstić information content (AvgIpc) is 3.30. The molecule has 124 valence electrons. The molecule has 1 saturated carbocycles. The molecule has 0 unspecified atom stereocenters. The van der Waals surface area contributed by atoms with E-state index in [1.165, 1.54) is 4.90 Å². The van der Waals surface area contributed by atoms with Crippen molar-refractivity contribution in [1.29, 1.82) is 0 Å². The molecule has 2 aliphatic rings. The molecule has 3 amide bonds. The van der Waals surface area contributed by atoms with E-state index in [4.69, 9.17) is 23.2 Å². The van der Waals surface area contributed by atoms with Crippen LogP contribution >= 0.6 is 23.2 Å². The van der Waals surface area contributed by atoms with Gasteiger partial charge in [0, 0.05) is 6.54 Å². The maximum atomic E-state index is 12.6. The zero-order chi connectivity index (χ0) is 16.8. The van der Waals surface area contributed by atoms with Crippen LogP contribution in [0.2, 0.25) is 10.0 Å². The first-order valence-corrected chi connectivity index (χ1v) is 8.34. The van der Waals surface area contributed by atoms with Gasteiger partial charge in [-0.2, -0.15) is 0 Å². The molecule has 1 atom stereocenters. The minimum Gasteiger partial charge on any atom is -0.323 e. The van der Waals surface area contributed by atoms with Crippen LogP contribution in [0.3, 0.4) is 0 Å². The summed E-state index contributed by atoms with van der Waals surface area (Å²) in [6.45, 7) is 2.53. The summed E-state index contributed by atoms with van der Waals surface area (Å²) in [6.07, 6.45) is 1.98. The quantitative estimate of drug-likeness (QED) is 0.825. The van der Waals surface area contributed by atoms with Crippen LogP contribution in [-0.2, 0) is 11.3 Å². The number of carbonyl (C=O) groups is 2. The molecule has 0 bridgehead atoms. The first-order chi connectivity index (χ1) is 10.8. The molecule has 3 rings (SSSR count). The summed E-state index contributed by atoms with van der Waals surface area (Å²) in [5.41, 5.74) is 0.115. The van der Waals surface area contributed by atoms with Crippen molar-refractivity contribution < 1.29 is 9.59 Å². The largest absolute Gasteiger partial charge is 0.326 e. The summed E-state index contributed by atoms with van der Waals surface area (Å²) < 4.78 is 0. The molecule has 7 heteroatoms. The third kappa shape index (κ3) is 3.05. The van der Waals surface area contributed by atoms with E-state index >= 15 is 0 Å². The Bertz CT molecular complexity index is 663. The van der Waals surface area contributed by atoms with Crippen molar-refractivity contribution in [3.8, 4) is 0 Å². The standard InChI is InChI=1S/C16H19Cl2N3O2/c1-16(11-6-7-11)14(22)21(15(23)19-16)9-20(2)8-10-4-3-5-12(17)13(10)18/h3-5,11H,6-9H2,1-2H3,(H,19,23)/t16-/m0/s1. The van der Waals surface area contributed by atoms with Crippen LogP contribution in [-0.4, -0.2) is 41.0 Å². The van der Waals surface area contributed by atoms with Crippen molar-refractivity contribution in [3.05, 3.63) is 33.8 Å². The lowest BCUT2D eigenvalue weighted by Crippen LogP contribution is -2.46. The Balaban J connectivity index is 1.68. The van der Waals surface area contributed by atoms with Crippen molar-refractivity contribution in [2.45, 2.75) is 31.8 Å². The van der Waals surface area contributed by atoms with E-state index < -0.39 is 5.54 Å². The molecule has 1 N–H and O–H groups in total. The van der Waals surface area contributed by atoms with E-state index in [-0.39, 0.29) is 24.5 Å². The summed E-state index contributed by atoms with van der Waals surface area (Å²) in [5.74, 6) is 0.116. The summed E-state index contributed by atoms with van der Waals surface area (Å²) in [5, 5.41) is 3.84. The van der Waals surface area contributed by atoms with Gasteiger partial charge in [-0.05, 0) is 44.4 Å². The van der Waals surface area contributed by atoms with Crippen LogP contribution in [0, 0.1) is 5.92 Å². The molecule has 0 radical (unpaired) electrons. The van der Waals surface area contributed by atoms with E-state index in [0.717, 1.165) is 18.4 Å². The highest BCUT2D eigenvalue weighted by atomic mass is 35.5. The number of hydrogen-bond donors (Lipinski definition) is 1. The molecule has 1 aliphatic carbocycles. The highest BCUT2D eigenvalue weighted by molar-refractivity contribution is 6.42. The van der Waals surface area contributed by atoms with E-state index in [9.17, 15) is 9.59 Å². The van der Waals surface area contributed by atoms with Crippen LogP contribution < -0.4 is 5.32 Å². The van der Waals surface area contributed by atoms with Crippen LogP contribution in [0.15, 0.2) is 18.2 Å². The topological polar surface area (TPSA) is 52.6 Å². The second-order valence-electron chi connectivity index (χ2n) is 6.51. The highest BCUT2D eigenvalue weighted by Gasteiger charge is 2.56. The molecule has 2 fully saturated rings. The van der Waals surface area contributed by atoms with Gasteiger partial charge in [-0.25, -0.2) is 9.69 Å². The van der Waals surface area contributed by atoms with Crippen LogP contribution in [0.4, 0.5) is 4.79 Å². The van der Waals surface area contributed by atoms with Crippen molar-refractivity contribution in [1.82, 2.24) is 15.1 Å². The predicted molar refractivity (Wildman–Crippen MR) is 89.3 cm³/mol. The number of carbonyl (C=O) groups excluding carboxylic acids is 2. The fourth-order valence-corrected chi connectivity index (χ4v) is 3.41. The third-order valence-corrected chi connectivity index (χ3v) is 5.41. The van der Waals surface area contributed by atoms with Crippen molar-refractivity contribution >= 4 is 35.1 Å². The number of imide groups is 1. The van der Waals surface area contributed by atoms with E-state index in [1.807, 2.05) is 31.0 Å². The molecular formula is C16H19Cl2N3O2. The van der Waals surface area contributed by atoms with Gasteiger partial charge in [-0.15, -0.1) is 0 Å². The number of benzene rings is 1. The minimum absolute atomic E-state index is 0.144. The van der Waals surface area contributed by atoms with Gasteiger partial charge >= 0.3 is 6.03 Å². The maximum Gasteiger partial charge on any atom is 0.326 e. The summed E-state index contributed by atoms with van der Waals surface area (Å²) in [6, 6.07) is 5.11. The minimum atomic E-state index is -0.744. The number of amides is 3. The normalized spacial score (nSPS) is 24.5. The average molecular weight is 356 g/mol. The van der Waals surface area contributed by atoms with Crippen LogP contribution in [0.25, 0.3) is 0 Å². The molecule has 1 aromatic carbocycles. The molecule has 1 aromatic rings. The van der Waals surface area contributed by atoms with Gasteiger partial charge < -0.3 is 5.32 Å². The van der Waals surface area contributed by atoms with Gasteiger partial charge in [0.15, 0.2) is 0 Å². The summed E-state index contributed by atoms with van der Waals surface area (Å²) in [4.78, 5) is 27.9. The maximum absolute atomic E-state index is 12.6. The Kier molecular flexibility index (Phi) is 4.29. The first-order valence-electron chi connectivity index (χ1n) is 7.58. The summed E-state index contributed by atoms with van der Waals surface area (Å²) in [7, 11) is 1.84. The smallest absolute Gasteiger partial charge is 0.323 e.